The second-order valence-corrected chi connectivity index (χ2v) is 30.0. The first-order valence-electron chi connectivity index (χ1n) is 41.1. The van der Waals surface area contributed by atoms with E-state index in [1.54, 1.807) is 32.6 Å². The van der Waals surface area contributed by atoms with E-state index in [0.717, 1.165) is 25.7 Å². The van der Waals surface area contributed by atoms with Crippen LogP contribution in [0.2, 0.25) is 0 Å². The zero-order chi connectivity index (χ0) is 84.4. The molecule has 3 amide bonds. The van der Waals surface area contributed by atoms with E-state index in [1.165, 1.54) is 13.8 Å². The van der Waals surface area contributed by atoms with Gasteiger partial charge < -0.3 is 157 Å². The summed E-state index contributed by atoms with van der Waals surface area (Å²) >= 11 is 0. The van der Waals surface area contributed by atoms with Crippen LogP contribution in [0.25, 0.3) is 0 Å². The summed E-state index contributed by atoms with van der Waals surface area (Å²) in [5, 5.41) is 111. The molecule has 119 heavy (non-hydrogen) atoms. The fraction of sp³-hybridized carbons (Fsp3) is 0.878. The molecule has 0 aliphatic carbocycles. The number of nitrogens with zero attached hydrogens (tertiary/aromatic N) is 9. The number of aromatic nitrogens is 9. The summed E-state index contributed by atoms with van der Waals surface area (Å²) in [5.41, 5.74) is 2.26. The van der Waals surface area contributed by atoms with Crippen molar-refractivity contribution in [2.24, 2.45) is 5.73 Å². The van der Waals surface area contributed by atoms with Crippen LogP contribution < -0.4 is 27.0 Å². The second kappa shape index (κ2) is 53.1. The molecule has 1 unspecified atom stereocenters. The molecule has 0 spiro atoms. The number of rotatable bonds is 69. The number of unbranched alkanes of at least 4 members (excludes halogenated alkanes) is 4. The van der Waals surface area contributed by atoms with Crippen LogP contribution in [0, 0.1) is 0 Å². The molecule has 9 rings (SSSR count). The van der Waals surface area contributed by atoms with Crippen LogP contribution in [0.1, 0.15) is 88.7 Å². The number of hydrogen-bond acceptors (Lipinski definition) is 39. The molecule has 680 valence electrons. The lowest BCUT2D eigenvalue weighted by Crippen LogP contribution is -2.66. The molecular weight excluding hydrogens is 1580 g/mol. The number of fused-ring (bicyclic) bond motifs is 6. The number of ether oxygens (including phenoxy) is 21. The number of aliphatic hydroxyl groups is 7. The summed E-state index contributed by atoms with van der Waals surface area (Å²) in [4.78, 5) is 37.3. The average Bonchev–Trinajstić information content (AvgIpc) is 1.62. The normalized spacial score (nSPS) is 26.5. The molecule has 13 N–H and O–H groups in total. The number of nitrogens with one attached hydrogen (secondary N) is 4. The van der Waals surface area contributed by atoms with Crippen LogP contribution in [0.5, 0.6) is 0 Å². The second-order valence-electron chi connectivity index (χ2n) is 30.0. The van der Waals surface area contributed by atoms with Gasteiger partial charge in [-0.05, 0) is 45.2 Å². The van der Waals surface area contributed by atoms with Crippen LogP contribution in [0.3, 0.4) is 0 Å². The van der Waals surface area contributed by atoms with Crippen molar-refractivity contribution < 1.29 is 150 Å². The minimum absolute atomic E-state index is 0.00337. The summed E-state index contributed by atoms with van der Waals surface area (Å²) in [6, 6.07) is -1.81. The molecule has 6 aliphatic heterocycles. The quantitative estimate of drug-likeness (QED) is 0.0185. The van der Waals surface area contributed by atoms with E-state index in [1.807, 2.05) is 0 Å². The zero-order valence-electron chi connectivity index (χ0n) is 68.4. The fourth-order valence-electron chi connectivity index (χ4n) is 13.8. The Morgan fingerprint density at radius 3 is 1.24 bits per heavy atom. The first-order chi connectivity index (χ1) is 57.8. The predicted molar refractivity (Wildman–Crippen MR) is 406 cm³/mol. The minimum atomic E-state index is -1.34. The predicted octanol–water partition coefficient (Wildman–Crippen LogP) is -5.61. The molecule has 6 fully saturated rings. The average molecular weight is 1710 g/mol. The fourth-order valence-corrected chi connectivity index (χ4v) is 13.8. The summed E-state index contributed by atoms with van der Waals surface area (Å²) in [5.74, 6) is -1.04. The molecule has 3 aromatic rings. The van der Waals surface area contributed by atoms with Crippen LogP contribution >= 0.6 is 0 Å². The van der Waals surface area contributed by atoms with E-state index in [9.17, 15) is 50.1 Å². The van der Waals surface area contributed by atoms with E-state index in [0.29, 0.717) is 175 Å². The van der Waals surface area contributed by atoms with E-state index in [4.69, 9.17) is 105 Å². The smallest absolute Gasteiger partial charge is 0.220 e. The monoisotopic (exact) mass is 1710 g/mol. The van der Waals surface area contributed by atoms with Crippen molar-refractivity contribution in [3.8, 4) is 0 Å². The number of amides is 3. The third kappa shape index (κ3) is 32.9. The zero-order valence-corrected chi connectivity index (χ0v) is 68.4. The molecule has 0 saturated carbocycles. The number of carbonyl (C=O) groups excluding carboxylic acids is 3. The highest BCUT2D eigenvalue weighted by molar-refractivity contribution is 5.77. The first kappa shape index (κ1) is 97.4. The van der Waals surface area contributed by atoms with Crippen LogP contribution in [-0.4, -0.2) is 406 Å². The van der Waals surface area contributed by atoms with Crippen molar-refractivity contribution in [3.63, 3.8) is 0 Å². The molecule has 6 bridgehead atoms. The van der Waals surface area contributed by atoms with Crippen LogP contribution in [-0.2, 0) is 153 Å². The maximum Gasteiger partial charge on any atom is 0.220 e. The third-order valence-corrected chi connectivity index (χ3v) is 20.2. The molecule has 6 aliphatic rings. The van der Waals surface area contributed by atoms with Gasteiger partial charge in [0.1, 0.15) is 88.3 Å². The SMILES string of the molecule is CC(=O)N[C@H]1[C@H]2OC[C@](COCCOCCOCCOCCn3cc(COCC(COCc4cn(CCOCCOCCOCCOC[C@@]56CO[C@@H](O5)[C@H](NC(C)=O)[C@@H](O)[C@H]6O)nn4)(COCc4cn(CCOCCOCCOCCOC[C@]56CO[C@H](C[C@@H](O)[C@H]5O)O6)nn4)NC(=O)CCCCCNC(O)CCCCCN)nn3)(O2)[C@H](O)[C@@H]1O. The molecule has 0 radical (unpaired) electrons. The third-order valence-electron chi connectivity index (χ3n) is 20.2. The lowest BCUT2D eigenvalue weighted by molar-refractivity contribution is -0.238. The molecule has 3 aromatic heterocycles. The Hall–Kier alpha value is -5.37. The van der Waals surface area contributed by atoms with Gasteiger partial charge in [-0.15, -0.1) is 15.3 Å². The summed E-state index contributed by atoms with van der Waals surface area (Å²) in [7, 11) is 0. The molecular formula is C74H128N14O31. The van der Waals surface area contributed by atoms with Gasteiger partial charge in [-0.1, -0.05) is 28.5 Å². The lowest BCUT2D eigenvalue weighted by atomic mass is 9.88. The molecule has 45 heteroatoms. The van der Waals surface area contributed by atoms with Gasteiger partial charge in [0.2, 0.25) is 17.7 Å². The van der Waals surface area contributed by atoms with Gasteiger partial charge in [0, 0.05) is 26.7 Å². The van der Waals surface area contributed by atoms with Gasteiger partial charge in [-0.3, -0.25) is 19.7 Å². The van der Waals surface area contributed by atoms with E-state index < -0.39 is 96.1 Å². The van der Waals surface area contributed by atoms with Crippen LogP contribution in [0.15, 0.2) is 18.6 Å². The number of nitrogens with two attached hydrogens (primary N) is 1. The maximum atomic E-state index is 14.2. The largest absolute Gasteiger partial charge is 0.390 e. The van der Waals surface area contributed by atoms with Gasteiger partial charge in [-0.25, -0.2) is 14.0 Å². The summed E-state index contributed by atoms with van der Waals surface area (Å²) < 4.78 is 127. The Balaban J connectivity index is 0.694. The lowest BCUT2D eigenvalue weighted by Gasteiger charge is -2.42. The molecule has 0 aromatic carbocycles. The topological polar surface area (TPSA) is 553 Å². The Morgan fingerprint density at radius 2 is 0.849 bits per heavy atom. The Morgan fingerprint density at radius 1 is 0.479 bits per heavy atom. The van der Waals surface area contributed by atoms with Crippen molar-refractivity contribution in [2.45, 2.75) is 207 Å². The highest BCUT2D eigenvalue weighted by Gasteiger charge is 2.61. The number of hydrogen-bond donors (Lipinski definition) is 12. The van der Waals surface area contributed by atoms with E-state index in [-0.39, 0.29) is 143 Å². The highest BCUT2D eigenvalue weighted by Crippen LogP contribution is 2.40. The molecule has 6 saturated heterocycles. The maximum absolute atomic E-state index is 14.2. The summed E-state index contributed by atoms with van der Waals surface area (Å²) in [6.07, 6.45) is 0.674. The summed E-state index contributed by atoms with van der Waals surface area (Å²) in [6.45, 7) is 10.9. The van der Waals surface area contributed by atoms with Gasteiger partial charge in [0.25, 0.3) is 0 Å². The van der Waals surface area contributed by atoms with Gasteiger partial charge in [-0.2, -0.15) is 0 Å². The van der Waals surface area contributed by atoms with Crippen molar-refractivity contribution in [1.29, 1.82) is 0 Å². The molecule has 45 nitrogen and oxygen atoms in total. The van der Waals surface area contributed by atoms with Crippen molar-refractivity contribution in [1.82, 2.24) is 66.2 Å². The van der Waals surface area contributed by atoms with E-state index >= 15 is 0 Å². The minimum Gasteiger partial charge on any atom is -0.390 e. The van der Waals surface area contributed by atoms with Crippen molar-refractivity contribution >= 4 is 17.7 Å². The molecule has 15 atom stereocenters. The Labute approximate surface area is 691 Å². The number of carbonyl (C=O) groups is 3. The number of aliphatic hydroxyl groups excluding tert-OH is 7. The van der Waals surface area contributed by atoms with Gasteiger partial charge >= 0.3 is 0 Å². The van der Waals surface area contributed by atoms with Crippen molar-refractivity contribution in [2.75, 3.05) is 211 Å². The van der Waals surface area contributed by atoms with Crippen LogP contribution in [0.4, 0.5) is 0 Å². The Bertz CT molecular complexity index is 3160. The first-order valence-corrected chi connectivity index (χ1v) is 41.1. The standard InChI is InChI=1S/C74H128N14O31/c1-53(89)77-62-64(94)67(97)73(51-115-69(62)118-73)48-109-35-32-106-29-26-103-23-20-100-17-14-87-39-56(81-84-87)42-112-45-71(79-60(93)10-6-4-8-12-76-59(92)9-5-3-7-11-75,44-111-41-55-38-86(83-80-55)13-16-99-19-22-102-25-28-105-31-34-108-47-72-50-114-61(117-72)37-58(91)66(72)96)46-113-43-57-40-88(85-82-57)15-18-101-21-24-104-27-30-107-33-36-110-49-74-52-116-70(119-74)63(78-54(2)90)65(95)68(74)98/h38-40,58-59,61-70,76,91-92,94-98H,3-37,41-52,75H2,1-2H3,(H,77,89)(H,78,90)(H,79,93)/t58-,59?,61+,62-,63-,64-,65-,66-,67-,68-,69+,70+,72+,73+,74+/m1/s1. The highest BCUT2D eigenvalue weighted by atomic mass is 16.8. The van der Waals surface area contributed by atoms with Crippen molar-refractivity contribution in [3.05, 3.63) is 35.7 Å². The molecule has 9 heterocycles. The van der Waals surface area contributed by atoms with Gasteiger partial charge in [0.05, 0.1) is 262 Å². The van der Waals surface area contributed by atoms with E-state index in [2.05, 4.69) is 52.2 Å². The Kier molecular flexibility index (Phi) is 43.4. The van der Waals surface area contributed by atoms with Gasteiger partial charge in [0.15, 0.2) is 18.9 Å².